The molecule has 0 radical (unpaired) electrons. The van der Waals surface area contributed by atoms with Crippen molar-refractivity contribution in [2.24, 2.45) is 0 Å². The minimum Gasteiger partial charge on any atom is -0.443 e. The first-order valence-corrected chi connectivity index (χ1v) is 4.89. The van der Waals surface area contributed by atoms with Crippen molar-refractivity contribution in [3.8, 4) is 0 Å². The Labute approximate surface area is 86.3 Å². The molecular formula is C10H10ClNO2. The minimum absolute atomic E-state index is 0.244. The molecule has 0 saturated carbocycles. The lowest BCUT2D eigenvalue weighted by molar-refractivity contribution is 0.199. The Balaban J connectivity index is 2.25. The zero-order valence-electron chi connectivity index (χ0n) is 7.48. The fourth-order valence-corrected chi connectivity index (χ4v) is 1.46. The quantitative estimate of drug-likeness (QED) is 0.790. The summed E-state index contributed by atoms with van der Waals surface area (Å²) >= 11 is 5.51. The Bertz CT molecular complexity index is 427. The second-order valence-corrected chi connectivity index (χ2v) is 3.48. The fourth-order valence-electron chi connectivity index (χ4n) is 1.35. The Kier molecular flexibility index (Phi) is 2.70. The molecule has 1 aromatic carbocycles. The molecule has 0 aliphatic carbocycles. The van der Waals surface area contributed by atoms with Crippen LogP contribution in [0.3, 0.4) is 0 Å². The van der Waals surface area contributed by atoms with E-state index in [0.717, 1.165) is 16.7 Å². The molecule has 3 nitrogen and oxygen atoms in total. The second kappa shape index (κ2) is 3.98. The molecule has 0 fully saturated rings. The number of halogens is 1. The monoisotopic (exact) mass is 211 g/mol. The van der Waals surface area contributed by atoms with Gasteiger partial charge in [0.15, 0.2) is 12.0 Å². The molecule has 0 aliphatic heterocycles. The molecule has 14 heavy (non-hydrogen) atoms. The summed E-state index contributed by atoms with van der Waals surface area (Å²) in [6, 6.07) is 5.66. The third-order valence-corrected chi connectivity index (χ3v) is 2.40. The first-order valence-electron chi connectivity index (χ1n) is 4.36. The van der Waals surface area contributed by atoms with Gasteiger partial charge >= 0.3 is 0 Å². The molecule has 2 rings (SSSR count). The number of hydrogen-bond acceptors (Lipinski definition) is 3. The molecule has 0 saturated heterocycles. The topological polar surface area (TPSA) is 46.3 Å². The molecule has 4 heteroatoms. The Morgan fingerprint density at radius 3 is 3.14 bits per heavy atom. The summed E-state index contributed by atoms with van der Waals surface area (Å²) in [5.41, 5.74) is 2.57. The van der Waals surface area contributed by atoms with Crippen LogP contribution < -0.4 is 0 Å². The Morgan fingerprint density at radius 1 is 1.50 bits per heavy atom. The van der Waals surface area contributed by atoms with E-state index in [4.69, 9.17) is 16.0 Å². The van der Waals surface area contributed by atoms with Gasteiger partial charge in [0, 0.05) is 5.88 Å². The van der Waals surface area contributed by atoms with Crippen LogP contribution in [-0.2, 0) is 6.42 Å². The van der Waals surface area contributed by atoms with Gasteiger partial charge in [-0.05, 0) is 24.1 Å². The van der Waals surface area contributed by atoms with Crippen molar-refractivity contribution in [2.75, 3.05) is 5.88 Å². The number of aliphatic hydroxyl groups excluding tert-OH is 1. The molecule has 1 N–H and O–H groups in total. The average molecular weight is 212 g/mol. The number of alkyl halides is 1. The van der Waals surface area contributed by atoms with Crippen molar-refractivity contribution < 1.29 is 9.52 Å². The van der Waals surface area contributed by atoms with Crippen molar-refractivity contribution >= 4 is 22.7 Å². The number of aromatic nitrogens is 1. The van der Waals surface area contributed by atoms with Gasteiger partial charge in [0.05, 0.1) is 6.10 Å². The maximum atomic E-state index is 9.36. The molecule has 0 bridgehead atoms. The zero-order chi connectivity index (χ0) is 9.97. The fraction of sp³-hybridized carbons (Fsp3) is 0.300. The molecule has 1 unspecified atom stereocenters. The summed E-state index contributed by atoms with van der Waals surface area (Å²) in [6.45, 7) is 0. The van der Waals surface area contributed by atoms with Gasteiger partial charge in [-0.3, -0.25) is 0 Å². The molecule has 1 atom stereocenters. The highest BCUT2D eigenvalue weighted by atomic mass is 35.5. The summed E-state index contributed by atoms with van der Waals surface area (Å²) < 4.78 is 5.15. The third kappa shape index (κ3) is 1.89. The van der Waals surface area contributed by atoms with Crippen LogP contribution in [0.1, 0.15) is 5.56 Å². The summed E-state index contributed by atoms with van der Waals surface area (Å²) in [6.07, 6.45) is 1.45. The highest BCUT2D eigenvalue weighted by Gasteiger charge is 2.05. The molecule has 1 heterocycles. The molecule has 1 aromatic heterocycles. The zero-order valence-corrected chi connectivity index (χ0v) is 8.24. The SMILES string of the molecule is OC(CCl)Cc1ccc2ncoc2c1. The van der Waals surface area contributed by atoms with Gasteiger partial charge in [0.25, 0.3) is 0 Å². The second-order valence-electron chi connectivity index (χ2n) is 3.17. The number of benzene rings is 1. The smallest absolute Gasteiger partial charge is 0.181 e. The van der Waals surface area contributed by atoms with Gasteiger partial charge in [-0.1, -0.05) is 6.07 Å². The van der Waals surface area contributed by atoms with Crippen molar-refractivity contribution in [3.63, 3.8) is 0 Å². The van der Waals surface area contributed by atoms with Gasteiger partial charge in [0.2, 0.25) is 0 Å². The maximum Gasteiger partial charge on any atom is 0.181 e. The largest absolute Gasteiger partial charge is 0.443 e. The minimum atomic E-state index is -0.503. The number of fused-ring (bicyclic) bond motifs is 1. The lowest BCUT2D eigenvalue weighted by atomic mass is 10.1. The first-order chi connectivity index (χ1) is 6.79. The highest BCUT2D eigenvalue weighted by Crippen LogP contribution is 2.15. The summed E-state index contributed by atoms with van der Waals surface area (Å²) in [7, 11) is 0. The van der Waals surface area contributed by atoms with Gasteiger partial charge in [-0.15, -0.1) is 11.6 Å². The van der Waals surface area contributed by atoms with E-state index in [1.807, 2.05) is 18.2 Å². The third-order valence-electron chi connectivity index (χ3n) is 2.05. The number of aliphatic hydroxyl groups is 1. The van der Waals surface area contributed by atoms with Gasteiger partial charge < -0.3 is 9.52 Å². The lowest BCUT2D eigenvalue weighted by Gasteiger charge is -2.05. The van der Waals surface area contributed by atoms with Crippen LogP contribution in [-0.4, -0.2) is 22.1 Å². The number of nitrogens with zero attached hydrogens (tertiary/aromatic N) is 1. The molecule has 0 aliphatic rings. The van der Waals surface area contributed by atoms with Gasteiger partial charge in [-0.25, -0.2) is 4.98 Å². The van der Waals surface area contributed by atoms with E-state index in [-0.39, 0.29) is 5.88 Å². The van der Waals surface area contributed by atoms with Crippen LogP contribution in [0.15, 0.2) is 29.0 Å². The summed E-state index contributed by atoms with van der Waals surface area (Å²) in [5.74, 6) is 0.244. The molecule has 2 aromatic rings. The molecule has 0 amide bonds. The van der Waals surface area contributed by atoms with E-state index >= 15 is 0 Å². The Morgan fingerprint density at radius 2 is 2.36 bits per heavy atom. The number of oxazole rings is 1. The average Bonchev–Trinajstić information content (AvgIpc) is 2.64. The molecular weight excluding hydrogens is 202 g/mol. The van der Waals surface area contributed by atoms with E-state index in [0.29, 0.717) is 6.42 Å². The van der Waals surface area contributed by atoms with Gasteiger partial charge in [0.1, 0.15) is 5.52 Å². The first kappa shape index (κ1) is 9.49. The van der Waals surface area contributed by atoms with Crippen molar-refractivity contribution in [1.29, 1.82) is 0 Å². The van der Waals surface area contributed by atoms with Crippen molar-refractivity contribution in [2.45, 2.75) is 12.5 Å². The van der Waals surface area contributed by atoms with Crippen LogP contribution in [0.2, 0.25) is 0 Å². The summed E-state index contributed by atoms with van der Waals surface area (Å²) in [5, 5.41) is 9.36. The number of hydrogen-bond donors (Lipinski definition) is 1. The summed E-state index contributed by atoms with van der Waals surface area (Å²) in [4.78, 5) is 4.00. The molecule has 0 spiro atoms. The van der Waals surface area contributed by atoms with E-state index in [9.17, 15) is 5.11 Å². The van der Waals surface area contributed by atoms with Crippen LogP contribution >= 0.6 is 11.6 Å². The maximum absolute atomic E-state index is 9.36. The standard InChI is InChI=1S/C10H10ClNO2/c11-5-8(13)3-7-1-2-9-10(4-7)14-6-12-9/h1-2,4,6,8,13H,3,5H2. The van der Waals surface area contributed by atoms with E-state index in [2.05, 4.69) is 4.98 Å². The molecule has 74 valence electrons. The van der Waals surface area contributed by atoms with Crippen molar-refractivity contribution in [1.82, 2.24) is 4.98 Å². The van der Waals surface area contributed by atoms with Crippen LogP contribution in [0, 0.1) is 0 Å². The lowest BCUT2D eigenvalue weighted by Crippen LogP contribution is -2.11. The Hall–Kier alpha value is -1.06. The van der Waals surface area contributed by atoms with Gasteiger partial charge in [-0.2, -0.15) is 0 Å². The van der Waals surface area contributed by atoms with Crippen molar-refractivity contribution in [3.05, 3.63) is 30.2 Å². The predicted molar refractivity (Wildman–Crippen MR) is 54.4 cm³/mol. The van der Waals surface area contributed by atoms with Crippen LogP contribution in [0.25, 0.3) is 11.1 Å². The number of rotatable bonds is 3. The highest BCUT2D eigenvalue weighted by molar-refractivity contribution is 6.18. The van der Waals surface area contributed by atoms with Crippen LogP contribution in [0.4, 0.5) is 0 Å². The van der Waals surface area contributed by atoms with E-state index < -0.39 is 6.10 Å². The normalized spacial score (nSPS) is 13.3. The van der Waals surface area contributed by atoms with E-state index in [1.54, 1.807) is 0 Å². The predicted octanol–water partition coefficient (Wildman–Crippen LogP) is 1.97. The van der Waals surface area contributed by atoms with Crippen LogP contribution in [0.5, 0.6) is 0 Å². The van der Waals surface area contributed by atoms with E-state index in [1.165, 1.54) is 6.39 Å².